The largest absolute Gasteiger partial charge is 0.341 e. The molecule has 1 aromatic carbocycles. The standard InChI is InChI=1S/C19H26Cl2N2O/c1-22(15-7-3-2-4-8-15)19(24)18(23-11-5-6-12-23)14-9-10-16(20)17(21)13-14/h9-10,13,15,18H,2-8,11-12H2,1H3. The molecule has 1 saturated heterocycles. The van der Waals surface area contributed by atoms with Crippen molar-refractivity contribution in [2.24, 2.45) is 0 Å². The molecule has 3 nitrogen and oxygen atoms in total. The second kappa shape index (κ2) is 8.07. The van der Waals surface area contributed by atoms with Gasteiger partial charge < -0.3 is 4.90 Å². The summed E-state index contributed by atoms with van der Waals surface area (Å²) in [6, 6.07) is 5.74. The fourth-order valence-electron chi connectivity index (χ4n) is 4.03. The first-order valence-corrected chi connectivity index (χ1v) is 9.79. The van der Waals surface area contributed by atoms with Gasteiger partial charge in [-0.05, 0) is 56.5 Å². The Morgan fingerprint density at radius 2 is 1.75 bits per heavy atom. The van der Waals surface area contributed by atoms with Crippen molar-refractivity contribution in [3.8, 4) is 0 Å². The lowest BCUT2D eigenvalue weighted by Crippen LogP contribution is -2.45. The molecular weight excluding hydrogens is 343 g/mol. The minimum atomic E-state index is -0.241. The highest BCUT2D eigenvalue weighted by atomic mass is 35.5. The molecule has 0 N–H and O–H groups in total. The van der Waals surface area contributed by atoms with E-state index in [-0.39, 0.29) is 11.9 Å². The summed E-state index contributed by atoms with van der Waals surface area (Å²) in [6.07, 6.45) is 8.29. The summed E-state index contributed by atoms with van der Waals surface area (Å²) >= 11 is 12.3. The molecule has 5 heteroatoms. The number of likely N-dealkylation sites (N-methyl/N-ethyl adjacent to an activating group) is 1. The molecule has 1 atom stereocenters. The number of carbonyl (C=O) groups excluding carboxylic acids is 1. The summed E-state index contributed by atoms with van der Waals surface area (Å²) in [5.41, 5.74) is 0.957. The summed E-state index contributed by atoms with van der Waals surface area (Å²) < 4.78 is 0. The minimum Gasteiger partial charge on any atom is -0.341 e. The number of amides is 1. The number of hydrogen-bond donors (Lipinski definition) is 0. The second-order valence-electron chi connectivity index (χ2n) is 7.06. The fourth-order valence-corrected chi connectivity index (χ4v) is 4.34. The van der Waals surface area contributed by atoms with Gasteiger partial charge in [-0.3, -0.25) is 9.69 Å². The molecular formula is C19H26Cl2N2O. The van der Waals surface area contributed by atoms with Gasteiger partial charge in [0.25, 0.3) is 0 Å². The molecule has 1 aromatic rings. The summed E-state index contributed by atoms with van der Waals surface area (Å²) in [4.78, 5) is 17.6. The lowest BCUT2D eigenvalue weighted by atomic mass is 9.93. The zero-order chi connectivity index (χ0) is 17.1. The van der Waals surface area contributed by atoms with Crippen LogP contribution in [-0.2, 0) is 4.79 Å². The Morgan fingerprint density at radius 3 is 2.38 bits per heavy atom. The SMILES string of the molecule is CN(C(=O)C(c1ccc(Cl)c(Cl)c1)N1CCCC1)C1CCCCC1. The van der Waals surface area contributed by atoms with E-state index in [0.29, 0.717) is 16.1 Å². The summed E-state index contributed by atoms with van der Waals surface area (Å²) in [7, 11) is 1.97. The normalized spacial score (nSPS) is 21.0. The van der Waals surface area contributed by atoms with E-state index in [1.54, 1.807) is 6.07 Å². The van der Waals surface area contributed by atoms with Crippen molar-refractivity contribution in [1.82, 2.24) is 9.80 Å². The lowest BCUT2D eigenvalue weighted by molar-refractivity contribution is -0.138. The van der Waals surface area contributed by atoms with Gasteiger partial charge in [0, 0.05) is 13.1 Å². The number of nitrogens with zero attached hydrogens (tertiary/aromatic N) is 2. The van der Waals surface area contributed by atoms with Crippen molar-refractivity contribution in [2.45, 2.75) is 57.0 Å². The zero-order valence-electron chi connectivity index (χ0n) is 14.3. The molecule has 1 aliphatic carbocycles. The van der Waals surface area contributed by atoms with Crippen LogP contribution in [0.1, 0.15) is 56.6 Å². The second-order valence-corrected chi connectivity index (χ2v) is 7.87. The molecule has 132 valence electrons. The molecule has 1 unspecified atom stereocenters. The molecule has 0 bridgehead atoms. The smallest absolute Gasteiger partial charge is 0.244 e. The third-order valence-corrected chi connectivity index (χ3v) is 6.21. The molecule has 0 spiro atoms. The molecule has 0 radical (unpaired) electrons. The minimum absolute atomic E-state index is 0.196. The van der Waals surface area contributed by atoms with Gasteiger partial charge in [-0.2, -0.15) is 0 Å². The Kier molecular flexibility index (Phi) is 6.07. The van der Waals surface area contributed by atoms with Crippen LogP contribution in [0.2, 0.25) is 10.0 Å². The van der Waals surface area contributed by atoms with Crippen LogP contribution in [-0.4, -0.2) is 41.9 Å². The Bertz CT molecular complexity index is 581. The molecule has 1 saturated carbocycles. The molecule has 1 aliphatic heterocycles. The number of halogens is 2. The third-order valence-electron chi connectivity index (χ3n) is 5.47. The third kappa shape index (κ3) is 3.89. The van der Waals surface area contributed by atoms with Crippen LogP contribution >= 0.6 is 23.2 Å². The molecule has 0 aromatic heterocycles. The first-order valence-electron chi connectivity index (χ1n) is 9.03. The first-order chi connectivity index (χ1) is 11.6. The Hall–Kier alpha value is -0.770. The van der Waals surface area contributed by atoms with Crippen molar-refractivity contribution in [2.75, 3.05) is 20.1 Å². The predicted octanol–water partition coefficient (Wildman–Crippen LogP) is 4.92. The highest BCUT2D eigenvalue weighted by Crippen LogP contribution is 2.33. The highest BCUT2D eigenvalue weighted by Gasteiger charge is 2.34. The Morgan fingerprint density at radius 1 is 1.08 bits per heavy atom. The van der Waals surface area contributed by atoms with Gasteiger partial charge in [-0.1, -0.05) is 48.5 Å². The van der Waals surface area contributed by atoms with Crippen molar-refractivity contribution in [3.05, 3.63) is 33.8 Å². The number of likely N-dealkylation sites (tertiary alicyclic amines) is 1. The van der Waals surface area contributed by atoms with E-state index in [9.17, 15) is 4.79 Å². The van der Waals surface area contributed by atoms with Crippen molar-refractivity contribution in [1.29, 1.82) is 0 Å². The van der Waals surface area contributed by atoms with Gasteiger partial charge in [-0.15, -0.1) is 0 Å². The molecule has 1 heterocycles. The lowest BCUT2D eigenvalue weighted by Gasteiger charge is -2.36. The fraction of sp³-hybridized carbons (Fsp3) is 0.632. The van der Waals surface area contributed by atoms with Gasteiger partial charge in [-0.25, -0.2) is 0 Å². The van der Waals surface area contributed by atoms with Crippen molar-refractivity contribution in [3.63, 3.8) is 0 Å². The maximum Gasteiger partial charge on any atom is 0.244 e. The quantitative estimate of drug-likeness (QED) is 0.752. The van der Waals surface area contributed by atoms with Crippen LogP contribution in [0.25, 0.3) is 0 Å². The number of benzene rings is 1. The van der Waals surface area contributed by atoms with Gasteiger partial charge in [0.2, 0.25) is 5.91 Å². The number of hydrogen-bond acceptors (Lipinski definition) is 2. The van der Waals surface area contributed by atoms with Gasteiger partial charge in [0.1, 0.15) is 6.04 Å². The van der Waals surface area contributed by atoms with Crippen LogP contribution < -0.4 is 0 Å². The maximum atomic E-state index is 13.3. The highest BCUT2D eigenvalue weighted by molar-refractivity contribution is 6.42. The predicted molar refractivity (Wildman–Crippen MR) is 99.7 cm³/mol. The Balaban J connectivity index is 1.85. The van der Waals surface area contributed by atoms with Crippen LogP contribution in [0.3, 0.4) is 0 Å². The van der Waals surface area contributed by atoms with Gasteiger partial charge in [0.05, 0.1) is 10.0 Å². The molecule has 3 rings (SSSR count). The van der Waals surface area contributed by atoms with Gasteiger partial charge in [0.15, 0.2) is 0 Å². The summed E-state index contributed by atoms with van der Waals surface area (Å²) in [6.45, 7) is 1.93. The molecule has 1 amide bonds. The summed E-state index contributed by atoms with van der Waals surface area (Å²) in [5, 5.41) is 1.06. The summed E-state index contributed by atoms with van der Waals surface area (Å²) in [5.74, 6) is 0.196. The van der Waals surface area contributed by atoms with Crippen LogP contribution in [0.4, 0.5) is 0 Å². The average Bonchev–Trinajstić information content (AvgIpc) is 3.12. The molecule has 24 heavy (non-hydrogen) atoms. The molecule has 2 fully saturated rings. The molecule has 2 aliphatic rings. The van der Waals surface area contributed by atoms with Crippen LogP contribution in [0.5, 0.6) is 0 Å². The van der Waals surface area contributed by atoms with E-state index >= 15 is 0 Å². The zero-order valence-corrected chi connectivity index (χ0v) is 15.8. The monoisotopic (exact) mass is 368 g/mol. The number of carbonyl (C=O) groups is 1. The van der Waals surface area contributed by atoms with Crippen LogP contribution in [0, 0.1) is 0 Å². The van der Waals surface area contributed by atoms with E-state index in [4.69, 9.17) is 23.2 Å². The van der Waals surface area contributed by atoms with E-state index in [2.05, 4.69) is 4.90 Å². The van der Waals surface area contributed by atoms with Gasteiger partial charge >= 0.3 is 0 Å². The number of rotatable bonds is 4. The van der Waals surface area contributed by atoms with Crippen LogP contribution in [0.15, 0.2) is 18.2 Å². The maximum absolute atomic E-state index is 13.3. The Labute approximate surface area is 154 Å². The topological polar surface area (TPSA) is 23.6 Å². The van der Waals surface area contributed by atoms with E-state index in [0.717, 1.165) is 44.3 Å². The van der Waals surface area contributed by atoms with Crippen molar-refractivity contribution >= 4 is 29.1 Å². The average molecular weight is 369 g/mol. The van der Waals surface area contributed by atoms with E-state index in [1.807, 2.05) is 24.1 Å². The van der Waals surface area contributed by atoms with E-state index in [1.165, 1.54) is 19.3 Å². The van der Waals surface area contributed by atoms with Crippen molar-refractivity contribution < 1.29 is 4.79 Å². The van der Waals surface area contributed by atoms with E-state index < -0.39 is 0 Å². The first kappa shape index (κ1) is 18.0.